The number of nitrogens with zero attached hydrogens (tertiary/aromatic N) is 3. The van der Waals surface area contributed by atoms with Gasteiger partial charge < -0.3 is 4.90 Å². The molecule has 0 amide bonds. The second-order valence-corrected chi connectivity index (χ2v) is 5.27. The van der Waals surface area contributed by atoms with Crippen LogP contribution < -0.4 is 4.90 Å². The van der Waals surface area contributed by atoms with E-state index in [4.69, 9.17) is 0 Å². The van der Waals surface area contributed by atoms with Crippen molar-refractivity contribution in [3.8, 4) is 0 Å². The molecule has 2 rings (SSSR count). The van der Waals surface area contributed by atoms with E-state index in [0.29, 0.717) is 5.92 Å². The Morgan fingerprint density at radius 3 is 2.83 bits per heavy atom. The molecule has 0 saturated carbocycles. The largest absolute Gasteiger partial charge is 0.346 e. The number of piperidine rings is 1. The number of rotatable bonds is 3. The highest BCUT2D eigenvalue weighted by molar-refractivity contribution is 5.84. The molecule has 0 spiro atoms. The molecule has 1 aromatic rings. The van der Waals surface area contributed by atoms with Gasteiger partial charge in [-0.15, -0.1) is 0 Å². The highest BCUT2D eigenvalue weighted by Gasteiger charge is 2.27. The van der Waals surface area contributed by atoms with E-state index in [1.54, 1.807) is 13.3 Å². The highest BCUT2D eigenvalue weighted by Crippen LogP contribution is 2.25. The van der Waals surface area contributed by atoms with Gasteiger partial charge in [-0.3, -0.25) is 4.79 Å². The van der Waals surface area contributed by atoms with E-state index < -0.39 is 0 Å². The molecular weight excluding hydrogens is 226 g/mol. The van der Waals surface area contributed by atoms with Crippen LogP contribution >= 0.6 is 0 Å². The van der Waals surface area contributed by atoms with E-state index in [1.807, 2.05) is 6.07 Å². The number of anilines is 1. The van der Waals surface area contributed by atoms with E-state index in [1.165, 1.54) is 0 Å². The zero-order valence-corrected chi connectivity index (χ0v) is 11.4. The third-order valence-electron chi connectivity index (χ3n) is 3.53. The van der Waals surface area contributed by atoms with E-state index in [2.05, 4.69) is 28.7 Å². The van der Waals surface area contributed by atoms with Gasteiger partial charge in [0.25, 0.3) is 0 Å². The summed E-state index contributed by atoms with van der Waals surface area (Å²) in [6.45, 7) is 6.82. The molecule has 1 unspecified atom stereocenters. The normalized spacial score (nSPS) is 20.2. The van der Waals surface area contributed by atoms with Crippen LogP contribution in [0.3, 0.4) is 0 Å². The molecule has 4 heteroatoms. The Morgan fingerprint density at radius 2 is 2.17 bits per heavy atom. The zero-order chi connectivity index (χ0) is 13.1. The van der Waals surface area contributed by atoms with Gasteiger partial charge in [0.15, 0.2) is 5.78 Å². The Bertz CT molecular complexity index is 431. The van der Waals surface area contributed by atoms with Gasteiger partial charge in [0.2, 0.25) is 0 Å². The first-order valence-corrected chi connectivity index (χ1v) is 6.68. The van der Waals surface area contributed by atoms with Crippen LogP contribution in [0.1, 0.15) is 51.6 Å². The third kappa shape index (κ3) is 2.68. The Kier molecular flexibility index (Phi) is 3.94. The quantitative estimate of drug-likeness (QED) is 0.823. The highest BCUT2D eigenvalue weighted by atomic mass is 16.1. The maximum absolute atomic E-state index is 11.7. The first kappa shape index (κ1) is 13.0. The Morgan fingerprint density at radius 1 is 1.39 bits per heavy atom. The number of carbonyl (C=O) groups is 1. The number of carbonyl (C=O) groups excluding carboxylic acids is 1. The predicted molar refractivity (Wildman–Crippen MR) is 71.8 cm³/mol. The van der Waals surface area contributed by atoms with Gasteiger partial charge in [-0.25, -0.2) is 9.97 Å². The smallest absolute Gasteiger partial charge is 0.152 e. The number of hydrogen-bond acceptors (Lipinski definition) is 4. The fourth-order valence-electron chi connectivity index (χ4n) is 2.46. The summed E-state index contributed by atoms with van der Waals surface area (Å²) in [4.78, 5) is 22.5. The van der Waals surface area contributed by atoms with Crippen LogP contribution in [0.15, 0.2) is 12.4 Å². The number of Topliss-reactive ketones (excluding diaryl/α,β-unsaturated/α-hetero) is 1. The van der Waals surface area contributed by atoms with Crippen LogP contribution in [0.2, 0.25) is 0 Å². The Hall–Kier alpha value is -1.45. The lowest BCUT2D eigenvalue weighted by atomic mass is 9.99. The van der Waals surface area contributed by atoms with Crippen molar-refractivity contribution < 1.29 is 4.79 Å². The van der Waals surface area contributed by atoms with Crippen LogP contribution in [0.25, 0.3) is 0 Å². The number of ketones is 1. The molecule has 4 nitrogen and oxygen atoms in total. The van der Waals surface area contributed by atoms with Crippen molar-refractivity contribution in [1.82, 2.24) is 9.97 Å². The molecule has 98 valence electrons. The summed E-state index contributed by atoms with van der Waals surface area (Å²) in [6, 6.07) is 2.01. The molecule has 1 aliphatic rings. The minimum absolute atomic E-state index is 0.00587. The fraction of sp³-hybridized carbons (Fsp3) is 0.643. The van der Waals surface area contributed by atoms with Gasteiger partial charge in [0.05, 0.1) is 6.04 Å². The van der Waals surface area contributed by atoms with Crippen LogP contribution in [0, 0.1) is 0 Å². The second-order valence-electron chi connectivity index (χ2n) is 5.27. The molecule has 1 aromatic heterocycles. The molecule has 2 heterocycles. The van der Waals surface area contributed by atoms with Crippen molar-refractivity contribution >= 4 is 11.6 Å². The van der Waals surface area contributed by atoms with Gasteiger partial charge in [0, 0.05) is 18.3 Å². The topological polar surface area (TPSA) is 46.1 Å². The molecule has 1 fully saturated rings. The predicted octanol–water partition coefficient (Wildman–Crippen LogP) is 2.55. The van der Waals surface area contributed by atoms with Crippen LogP contribution in [0.4, 0.5) is 5.82 Å². The van der Waals surface area contributed by atoms with Crippen LogP contribution in [-0.4, -0.2) is 28.3 Å². The lowest BCUT2D eigenvalue weighted by molar-refractivity contribution is -0.118. The summed E-state index contributed by atoms with van der Waals surface area (Å²) in [6.07, 6.45) is 4.81. The van der Waals surface area contributed by atoms with E-state index in [0.717, 1.165) is 37.3 Å². The molecule has 18 heavy (non-hydrogen) atoms. The summed E-state index contributed by atoms with van der Waals surface area (Å²) < 4.78 is 0. The SMILES string of the molecule is CC(=O)C1CCCCN1c1cc(C(C)C)ncn1. The first-order valence-electron chi connectivity index (χ1n) is 6.68. The first-order chi connectivity index (χ1) is 8.59. The lowest BCUT2D eigenvalue weighted by Crippen LogP contribution is -2.44. The van der Waals surface area contributed by atoms with Crippen molar-refractivity contribution in [2.45, 2.75) is 52.0 Å². The van der Waals surface area contributed by atoms with Gasteiger partial charge in [0.1, 0.15) is 12.1 Å². The molecule has 1 atom stereocenters. The van der Waals surface area contributed by atoms with Crippen molar-refractivity contribution in [3.05, 3.63) is 18.1 Å². The summed E-state index contributed by atoms with van der Waals surface area (Å²) in [5.41, 5.74) is 1.04. The molecule has 1 saturated heterocycles. The van der Waals surface area contributed by atoms with Crippen LogP contribution in [0.5, 0.6) is 0 Å². The molecule has 0 radical (unpaired) electrons. The van der Waals surface area contributed by atoms with Crippen LogP contribution in [-0.2, 0) is 4.79 Å². The lowest BCUT2D eigenvalue weighted by Gasteiger charge is -2.35. The van der Waals surface area contributed by atoms with E-state index in [9.17, 15) is 4.79 Å². The minimum Gasteiger partial charge on any atom is -0.346 e. The average Bonchev–Trinajstić information content (AvgIpc) is 2.39. The van der Waals surface area contributed by atoms with Crippen molar-refractivity contribution in [3.63, 3.8) is 0 Å². The zero-order valence-electron chi connectivity index (χ0n) is 11.4. The Balaban J connectivity index is 2.28. The van der Waals surface area contributed by atoms with Crippen molar-refractivity contribution in [1.29, 1.82) is 0 Å². The standard InChI is InChI=1S/C14H21N3O/c1-10(2)12-8-14(16-9-15-12)17-7-5-4-6-13(17)11(3)18/h8-10,13H,4-7H2,1-3H3. The number of aromatic nitrogens is 2. The molecule has 0 N–H and O–H groups in total. The summed E-state index contributed by atoms with van der Waals surface area (Å²) in [5, 5.41) is 0. The summed E-state index contributed by atoms with van der Waals surface area (Å²) in [5.74, 6) is 1.51. The molecular formula is C14H21N3O. The third-order valence-corrected chi connectivity index (χ3v) is 3.53. The second kappa shape index (κ2) is 5.46. The number of hydrogen-bond donors (Lipinski definition) is 0. The summed E-state index contributed by atoms with van der Waals surface area (Å²) >= 11 is 0. The van der Waals surface area contributed by atoms with Gasteiger partial charge in [-0.05, 0) is 32.1 Å². The van der Waals surface area contributed by atoms with Crippen molar-refractivity contribution in [2.75, 3.05) is 11.4 Å². The fourth-order valence-corrected chi connectivity index (χ4v) is 2.46. The average molecular weight is 247 g/mol. The molecule has 1 aliphatic heterocycles. The molecule has 0 aromatic carbocycles. The van der Waals surface area contributed by atoms with Gasteiger partial charge in [-0.1, -0.05) is 13.8 Å². The molecule has 0 bridgehead atoms. The van der Waals surface area contributed by atoms with E-state index in [-0.39, 0.29) is 11.8 Å². The van der Waals surface area contributed by atoms with Gasteiger partial charge >= 0.3 is 0 Å². The summed E-state index contributed by atoms with van der Waals surface area (Å²) in [7, 11) is 0. The maximum atomic E-state index is 11.7. The van der Waals surface area contributed by atoms with Gasteiger partial charge in [-0.2, -0.15) is 0 Å². The van der Waals surface area contributed by atoms with E-state index >= 15 is 0 Å². The van der Waals surface area contributed by atoms with Crippen molar-refractivity contribution in [2.24, 2.45) is 0 Å². The Labute approximate surface area is 108 Å². The monoisotopic (exact) mass is 247 g/mol. The minimum atomic E-state index is -0.00587. The molecule has 0 aliphatic carbocycles. The maximum Gasteiger partial charge on any atom is 0.152 e.